The van der Waals surface area contributed by atoms with Gasteiger partial charge in [0.2, 0.25) is 5.91 Å². The third-order valence-corrected chi connectivity index (χ3v) is 3.84. The monoisotopic (exact) mass is 321 g/mol. The first-order valence-electron chi connectivity index (χ1n) is 7.93. The van der Waals surface area contributed by atoms with Crippen molar-refractivity contribution >= 4 is 23.2 Å². The molecule has 0 fully saturated rings. The van der Waals surface area contributed by atoms with Crippen LogP contribution in [0.1, 0.15) is 24.0 Å². The SMILES string of the molecule is Cc1cccc(N2N=C(C(=O)NCc3ccccc3)CCC2=O)c1. The molecule has 0 saturated carbocycles. The number of aryl methyl sites for hydroxylation is 1. The predicted octanol–water partition coefficient (Wildman–Crippen LogP) is 2.79. The van der Waals surface area contributed by atoms with Gasteiger partial charge in [0.05, 0.1) is 5.69 Å². The van der Waals surface area contributed by atoms with Gasteiger partial charge < -0.3 is 5.32 Å². The topological polar surface area (TPSA) is 61.8 Å². The maximum Gasteiger partial charge on any atom is 0.267 e. The van der Waals surface area contributed by atoms with E-state index < -0.39 is 0 Å². The molecule has 1 aliphatic heterocycles. The molecule has 1 heterocycles. The molecule has 0 aromatic heterocycles. The summed E-state index contributed by atoms with van der Waals surface area (Å²) in [6, 6.07) is 17.2. The minimum Gasteiger partial charge on any atom is -0.347 e. The molecule has 122 valence electrons. The summed E-state index contributed by atoms with van der Waals surface area (Å²) in [6.07, 6.45) is 0.646. The van der Waals surface area contributed by atoms with Gasteiger partial charge in [-0.3, -0.25) is 9.59 Å². The van der Waals surface area contributed by atoms with E-state index in [2.05, 4.69) is 10.4 Å². The maximum absolute atomic E-state index is 12.3. The summed E-state index contributed by atoms with van der Waals surface area (Å²) in [5.41, 5.74) is 3.13. The van der Waals surface area contributed by atoms with Crippen molar-refractivity contribution in [1.29, 1.82) is 0 Å². The van der Waals surface area contributed by atoms with Crippen LogP contribution >= 0.6 is 0 Å². The predicted molar refractivity (Wildman–Crippen MR) is 93.6 cm³/mol. The van der Waals surface area contributed by atoms with E-state index >= 15 is 0 Å². The summed E-state index contributed by atoms with van der Waals surface area (Å²) in [6.45, 7) is 2.40. The quantitative estimate of drug-likeness (QED) is 0.941. The largest absolute Gasteiger partial charge is 0.347 e. The fraction of sp³-hybridized carbons (Fsp3) is 0.211. The highest BCUT2D eigenvalue weighted by Crippen LogP contribution is 2.21. The van der Waals surface area contributed by atoms with Crippen LogP contribution in [0, 0.1) is 6.92 Å². The van der Waals surface area contributed by atoms with Gasteiger partial charge in [0.15, 0.2) is 0 Å². The first kappa shape index (κ1) is 15.9. The first-order chi connectivity index (χ1) is 11.6. The molecule has 0 spiro atoms. The number of nitrogens with zero attached hydrogens (tertiary/aromatic N) is 2. The van der Waals surface area contributed by atoms with Crippen molar-refractivity contribution in [1.82, 2.24) is 5.32 Å². The van der Waals surface area contributed by atoms with Crippen LogP contribution in [0.3, 0.4) is 0 Å². The Hall–Kier alpha value is -2.95. The Balaban J connectivity index is 1.73. The average Bonchev–Trinajstić information content (AvgIpc) is 2.61. The molecule has 0 saturated heterocycles. The third-order valence-electron chi connectivity index (χ3n) is 3.84. The van der Waals surface area contributed by atoms with Gasteiger partial charge in [-0.05, 0) is 30.2 Å². The lowest BCUT2D eigenvalue weighted by atomic mass is 10.1. The molecule has 5 heteroatoms. The van der Waals surface area contributed by atoms with Gasteiger partial charge >= 0.3 is 0 Å². The summed E-state index contributed by atoms with van der Waals surface area (Å²) in [5, 5.41) is 8.46. The summed E-state index contributed by atoms with van der Waals surface area (Å²) < 4.78 is 0. The normalized spacial score (nSPS) is 14.3. The van der Waals surface area contributed by atoms with Crippen LogP contribution in [0.2, 0.25) is 0 Å². The number of anilines is 1. The number of rotatable bonds is 4. The van der Waals surface area contributed by atoms with Crippen molar-refractivity contribution in [2.75, 3.05) is 5.01 Å². The Bertz CT molecular complexity index is 784. The number of nitrogens with one attached hydrogen (secondary N) is 1. The lowest BCUT2D eigenvalue weighted by Crippen LogP contribution is -2.38. The Morgan fingerprint density at radius 1 is 1.12 bits per heavy atom. The van der Waals surface area contributed by atoms with Crippen molar-refractivity contribution in [3.8, 4) is 0 Å². The van der Waals surface area contributed by atoms with Crippen molar-refractivity contribution in [2.45, 2.75) is 26.3 Å². The van der Waals surface area contributed by atoms with Crippen LogP contribution in [0.25, 0.3) is 0 Å². The van der Waals surface area contributed by atoms with Crippen molar-refractivity contribution < 1.29 is 9.59 Å². The Morgan fingerprint density at radius 2 is 1.92 bits per heavy atom. The molecular formula is C19H19N3O2. The zero-order valence-corrected chi connectivity index (χ0v) is 13.5. The molecule has 0 radical (unpaired) electrons. The fourth-order valence-corrected chi connectivity index (χ4v) is 2.56. The van der Waals surface area contributed by atoms with E-state index in [1.807, 2.05) is 61.5 Å². The lowest BCUT2D eigenvalue weighted by molar-refractivity contribution is -0.119. The minimum atomic E-state index is -0.232. The highest BCUT2D eigenvalue weighted by Gasteiger charge is 2.25. The molecule has 1 N–H and O–H groups in total. The standard InChI is InChI=1S/C19H19N3O2/c1-14-6-5-9-16(12-14)22-18(23)11-10-17(21-22)19(24)20-13-15-7-3-2-4-8-15/h2-9,12H,10-11,13H2,1H3,(H,20,24). The number of hydrogen-bond donors (Lipinski definition) is 1. The molecule has 2 amide bonds. The molecule has 5 nitrogen and oxygen atoms in total. The molecule has 2 aromatic rings. The Kier molecular flexibility index (Phi) is 4.70. The second-order valence-electron chi connectivity index (χ2n) is 5.76. The molecule has 24 heavy (non-hydrogen) atoms. The van der Waals surface area contributed by atoms with Crippen LogP contribution in [-0.2, 0) is 16.1 Å². The second kappa shape index (κ2) is 7.08. The van der Waals surface area contributed by atoms with Crippen LogP contribution in [0.5, 0.6) is 0 Å². The maximum atomic E-state index is 12.3. The zero-order valence-electron chi connectivity index (χ0n) is 13.5. The van der Waals surface area contributed by atoms with E-state index in [1.54, 1.807) is 0 Å². The molecule has 3 rings (SSSR count). The van der Waals surface area contributed by atoms with Gasteiger partial charge in [0.1, 0.15) is 5.71 Å². The van der Waals surface area contributed by atoms with Gasteiger partial charge in [-0.1, -0.05) is 42.5 Å². The summed E-state index contributed by atoms with van der Waals surface area (Å²) >= 11 is 0. The Labute approximate surface area is 141 Å². The van der Waals surface area contributed by atoms with Crippen molar-refractivity contribution in [3.05, 3.63) is 65.7 Å². The molecule has 0 atom stereocenters. The molecule has 2 aromatic carbocycles. The van der Waals surface area contributed by atoms with Gasteiger partial charge in [0, 0.05) is 19.4 Å². The van der Waals surface area contributed by atoms with E-state index in [9.17, 15) is 9.59 Å². The highest BCUT2D eigenvalue weighted by molar-refractivity contribution is 6.40. The lowest BCUT2D eigenvalue weighted by Gasteiger charge is -2.23. The van der Waals surface area contributed by atoms with Crippen molar-refractivity contribution in [2.24, 2.45) is 5.10 Å². The van der Waals surface area contributed by atoms with Gasteiger partial charge in [-0.2, -0.15) is 5.10 Å². The van der Waals surface area contributed by atoms with Gasteiger partial charge in [-0.25, -0.2) is 5.01 Å². The number of amides is 2. The number of benzene rings is 2. The Morgan fingerprint density at radius 3 is 2.67 bits per heavy atom. The summed E-state index contributed by atoms with van der Waals surface area (Å²) in [5.74, 6) is -0.329. The zero-order chi connectivity index (χ0) is 16.9. The molecule has 0 bridgehead atoms. The highest BCUT2D eigenvalue weighted by atomic mass is 16.2. The van der Waals surface area contributed by atoms with Crippen LogP contribution in [0.15, 0.2) is 59.7 Å². The molecular weight excluding hydrogens is 302 g/mol. The van der Waals surface area contributed by atoms with Gasteiger partial charge in [0.25, 0.3) is 5.91 Å². The third kappa shape index (κ3) is 3.68. The minimum absolute atomic E-state index is 0.0970. The molecule has 0 unspecified atom stereocenters. The van der Waals surface area contributed by atoms with E-state index in [-0.39, 0.29) is 18.2 Å². The van der Waals surface area contributed by atoms with Crippen LogP contribution < -0.4 is 10.3 Å². The number of carbonyl (C=O) groups excluding carboxylic acids is 2. The second-order valence-corrected chi connectivity index (χ2v) is 5.76. The molecule has 0 aliphatic carbocycles. The smallest absolute Gasteiger partial charge is 0.267 e. The number of hydrazone groups is 1. The van der Waals surface area contributed by atoms with Gasteiger partial charge in [-0.15, -0.1) is 0 Å². The first-order valence-corrected chi connectivity index (χ1v) is 7.93. The number of hydrogen-bond acceptors (Lipinski definition) is 3. The van der Waals surface area contributed by atoms with E-state index in [0.717, 1.165) is 11.1 Å². The van der Waals surface area contributed by atoms with Crippen LogP contribution in [0.4, 0.5) is 5.69 Å². The van der Waals surface area contributed by atoms with E-state index in [4.69, 9.17) is 0 Å². The number of carbonyl (C=O) groups is 2. The van der Waals surface area contributed by atoms with E-state index in [1.165, 1.54) is 5.01 Å². The fourth-order valence-electron chi connectivity index (χ4n) is 2.56. The molecule has 1 aliphatic rings. The van der Waals surface area contributed by atoms with Crippen LogP contribution in [-0.4, -0.2) is 17.5 Å². The average molecular weight is 321 g/mol. The summed E-state index contributed by atoms with van der Waals surface area (Å²) in [7, 11) is 0. The van der Waals surface area contributed by atoms with E-state index in [0.29, 0.717) is 24.4 Å². The van der Waals surface area contributed by atoms with Crippen molar-refractivity contribution in [3.63, 3.8) is 0 Å². The summed E-state index contributed by atoms with van der Waals surface area (Å²) in [4.78, 5) is 24.5.